The van der Waals surface area contributed by atoms with Gasteiger partial charge in [-0.3, -0.25) is 9.78 Å². The van der Waals surface area contributed by atoms with Crippen molar-refractivity contribution in [3.8, 4) is 0 Å². The van der Waals surface area contributed by atoms with E-state index in [1.54, 1.807) is 18.5 Å². The Morgan fingerprint density at radius 1 is 1.67 bits per heavy atom. The quantitative estimate of drug-likeness (QED) is 0.692. The first-order chi connectivity index (χ1) is 5.70. The smallest absolute Gasteiger partial charge is 0.303 e. The van der Waals surface area contributed by atoms with Gasteiger partial charge in [0.1, 0.15) is 0 Å². The van der Waals surface area contributed by atoms with E-state index in [4.69, 9.17) is 10.8 Å². The molecule has 0 aromatic carbocycles. The van der Waals surface area contributed by atoms with E-state index in [1.807, 2.05) is 0 Å². The van der Waals surface area contributed by atoms with Gasteiger partial charge in [-0.25, -0.2) is 0 Å². The highest BCUT2D eigenvalue weighted by Crippen LogP contribution is 2.10. The fraction of sp³-hybridized carbons (Fsp3) is 0.250. The Morgan fingerprint density at radius 3 is 3.00 bits per heavy atom. The largest absolute Gasteiger partial charge is 0.481 e. The fourth-order valence-corrected chi connectivity index (χ4v) is 0.888. The van der Waals surface area contributed by atoms with Crippen molar-refractivity contribution >= 4 is 11.7 Å². The van der Waals surface area contributed by atoms with E-state index in [9.17, 15) is 4.79 Å². The molecule has 0 aliphatic heterocycles. The molecular formula is C8H10N2O2. The van der Waals surface area contributed by atoms with Gasteiger partial charge in [0, 0.05) is 24.5 Å². The van der Waals surface area contributed by atoms with Gasteiger partial charge in [0.05, 0.1) is 0 Å². The first-order valence-corrected chi connectivity index (χ1v) is 3.60. The summed E-state index contributed by atoms with van der Waals surface area (Å²) in [6.07, 6.45) is 3.71. The summed E-state index contributed by atoms with van der Waals surface area (Å²) in [5.41, 5.74) is 6.97. The maximum atomic E-state index is 10.2. The monoisotopic (exact) mass is 166 g/mol. The number of anilines is 1. The Hall–Kier alpha value is -1.58. The third kappa shape index (κ3) is 2.23. The molecule has 0 fully saturated rings. The van der Waals surface area contributed by atoms with Crippen molar-refractivity contribution in [1.29, 1.82) is 0 Å². The van der Waals surface area contributed by atoms with Crippen LogP contribution in [0, 0.1) is 0 Å². The van der Waals surface area contributed by atoms with E-state index in [2.05, 4.69) is 4.98 Å². The van der Waals surface area contributed by atoms with Crippen molar-refractivity contribution in [2.75, 3.05) is 5.73 Å². The molecule has 1 aromatic rings. The van der Waals surface area contributed by atoms with Gasteiger partial charge in [0.15, 0.2) is 0 Å². The summed E-state index contributed by atoms with van der Waals surface area (Å²) in [7, 11) is 0. The minimum atomic E-state index is -0.821. The molecule has 64 valence electrons. The van der Waals surface area contributed by atoms with Crippen LogP contribution in [0.2, 0.25) is 0 Å². The van der Waals surface area contributed by atoms with Gasteiger partial charge in [-0.05, 0) is 18.1 Å². The number of nitrogen functional groups attached to an aromatic ring is 1. The van der Waals surface area contributed by atoms with Crippen molar-refractivity contribution in [2.45, 2.75) is 12.8 Å². The molecule has 4 nitrogen and oxygen atoms in total. The standard InChI is InChI=1S/C8H10N2O2/c9-7-3-4-10-5-6(7)1-2-8(11)12/h3-5H,1-2H2,(H2,9,10)(H,11,12). The van der Waals surface area contributed by atoms with Gasteiger partial charge in [-0.15, -0.1) is 0 Å². The van der Waals surface area contributed by atoms with Crippen molar-refractivity contribution < 1.29 is 9.90 Å². The van der Waals surface area contributed by atoms with Crippen LogP contribution < -0.4 is 5.73 Å². The molecule has 0 aliphatic rings. The van der Waals surface area contributed by atoms with Crippen molar-refractivity contribution in [3.05, 3.63) is 24.0 Å². The minimum Gasteiger partial charge on any atom is -0.481 e. The van der Waals surface area contributed by atoms with Crippen LogP contribution >= 0.6 is 0 Å². The zero-order valence-corrected chi connectivity index (χ0v) is 6.53. The van der Waals surface area contributed by atoms with Gasteiger partial charge in [0.25, 0.3) is 0 Å². The average Bonchev–Trinajstić information content (AvgIpc) is 2.03. The van der Waals surface area contributed by atoms with Crippen LogP contribution in [0.5, 0.6) is 0 Å². The van der Waals surface area contributed by atoms with Gasteiger partial charge in [-0.1, -0.05) is 0 Å². The predicted octanol–water partition coefficient (Wildman–Crippen LogP) is 0.681. The SMILES string of the molecule is Nc1ccncc1CCC(=O)O. The second kappa shape index (κ2) is 3.71. The summed E-state index contributed by atoms with van der Waals surface area (Å²) in [6.45, 7) is 0. The Labute approximate surface area is 70.0 Å². The molecule has 0 aliphatic carbocycles. The Kier molecular flexibility index (Phi) is 2.63. The lowest BCUT2D eigenvalue weighted by Crippen LogP contribution is -2.00. The molecule has 0 saturated heterocycles. The van der Waals surface area contributed by atoms with Gasteiger partial charge in [-0.2, -0.15) is 0 Å². The lowest BCUT2D eigenvalue weighted by atomic mass is 10.1. The van der Waals surface area contributed by atoms with Crippen LogP contribution in [0.1, 0.15) is 12.0 Å². The first-order valence-electron chi connectivity index (χ1n) is 3.60. The summed E-state index contributed by atoms with van der Waals surface area (Å²) >= 11 is 0. The second-order valence-corrected chi connectivity index (χ2v) is 2.47. The second-order valence-electron chi connectivity index (χ2n) is 2.47. The Bertz CT molecular complexity index is 286. The van der Waals surface area contributed by atoms with Crippen LogP contribution in [0.15, 0.2) is 18.5 Å². The molecule has 3 N–H and O–H groups in total. The molecule has 1 aromatic heterocycles. The van der Waals surface area contributed by atoms with Crippen LogP contribution in [0.4, 0.5) is 5.69 Å². The van der Waals surface area contributed by atoms with Crippen molar-refractivity contribution in [2.24, 2.45) is 0 Å². The van der Waals surface area contributed by atoms with E-state index in [1.165, 1.54) is 0 Å². The zero-order valence-electron chi connectivity index (χ0n) is 6.53. The third-order valence-electron chi connectivity index (χ3n) is 1.55. The third-order valence-corrected chi connectivity index (χ3v) is 1.55. The van der Waals surface area contributed by atoms with Gasteiger partial charge in [0.2, 0.25) is 0 Å². The number of carboxylic acids is 1. The average molecular weight is 166 g/mol. The number of carbonyl (C=O) groups is 1. The molecule has 0 bridgehead atoms. The molecular weight excluding hydrogens is 156 g/mol. The normalized spacial score (nSPS) is 9.67. The lowest BCUT2D eigenvalue weighted by Gasteiger charge is -2.00. The van der Waals surface area contributed by atoms with E-state index in [0.717, 1.165) is 5.56 Å². The van der Waals surface area contributed by atoms with Crippen molar-refractivity contribution in [1.82, 2.24) is 4.98 Å². The van der Waals surface area contributed by atoms with Crippen LogP contribution in [0.25, 0.3) is 0 Å². The molecule has 0 atom stereocenters. The molecule has 0 saturated carbocycles. The number of aliphatic carboxylic acids is 1. The highest BCUT2D eigenvalue weighted by atomic mass is 16.4. The van der Waals surface area contributed by atoms with Gasteiger partial charge >= 0.3 is 5.97 Å². The van der Waals surface area contributed by atoms with E-state index < -0.39 is 5.97 Å². The molecule has 0 radical (unpaired) electrons. The summed E-state index contributed by atoms with van der Waals surface area (Å²) in [5, 5.41) is 8.40. The number of rotatable bonds is 3. The maximum absolute atomic E-state index is 10.2. The van der Waals surface area contributed by atoms with Crippen LogP contribution in [-0.2, 0) is 11.2 Å². The summed E-state index contributed by atoms with van der Waals surface area (Å²) in [6, 6.07) is 1.66. The minimum absolute atomic E-state index is 0.0931. The Morgan fingerprint density at radius 2 is 2.42 bits per heavy atom. The molecule has 4 heteroatoms. The number of carboxylic acid groups (broad SMARTS) is 1. The highest BCUT2D eigenvalue weighted by Gasteiger charge is 2.01. The summed E-state index contributed by atoms with van der Waals surface area (Å²) in [5.74, 6) is -0.821. The topological polar surface area (TPSA) is 76.2 Å². The number of hydrogen-bond acceptors (Lipinski definition) is 3. The number of aromatic nitrogens is 1. The number of nitrogens with two attached hydrogens (primary N) is 1. The lowest BCUT2D eigenvalue weighted by molar-refractivity contribution is -0.136. The van der Waals surface area contributed by atoms with E-state index in [-0.39, 0.29) is 6.42 Å². The number of nitrogens with zero attached hydrogens (tertiary/aromatic N) is 1. The molecule has 12 heavy (non-hydrogen) atoms. The first kappa shape index (κ1) is 8.52. The van der Waals surface area contributed by atoms with Crippen molar-refractivity contribution in [3.63, 3.8) is 0 Å². The maximum Gasteiger partial charge on any atom is 0.303 e. The van der Waals surface area contributed by atoms with Crippen LogP contribution in [-0.4, -0.2) is 16.1 Å². The number of hydrogen-bond donors (Lipinski definition) is 2. The van der Waals surface area contributed by atoms with E-state index in [0.29, 0.717) is 12.1 Å². The number of aryl methyl sites for hydroxylation is 1. The Balaban J connectivity index is 2.63. The molecule has 0 unspecified atom stereocenters. The molecule has 0 spiro atoms. The molecule has 1 rings (SSSR count). The van der Waals surface area contributed by atoms with Crippen LogP contribution in [0.3, 0.4) is 0 Å². The fourth-order valence-electron chi connectivity index (χ4n) is 0.888. The van der Waals surface area contributed by atoms with Gasteiger partial charge < -0.3 is 10.8 Å². The van der Waals surface area contributed by atoms with E-state index >= 15 is 0 Å². The summed E-state index contributed by atoms with van der Waals surface area (Å²) in [4.78, 5) is 14.1. The zero-order chi connectivity index (χ0) is 8.97. The molecule has 0 amide bonds. The highest BCUT2D eigenvalue weighted by molar-refractivity contribution is 5.67. The molecule has 1 heterocycles. The number of pyridine rings is 1. The summed E-state index contributed by atoms with van der Waals surface area (Å²) < 4.78 is 0. The predicted molar refractivity (Wildman–Crippen MR) is 44.6 cm³/mol.